The predicted molar refractivity (Wildman–Crippen MR) is 129 cm³/mol. The highest BCUT2D eigenvalue weighted by Crippen LogP contribution is 2.59. The summed E-state index contributed by atoms with van der Waals surface area (Å²) in [5.41, 5.74) is 2.48. The second kappa shape index (κ2) is 9.72. The molecule has 0 heterocycles. The highest BCUT2D eigenvalue weighted by molar-refractivity contribution is 7.99. The third-order valence-corrected chi connectivity index (χ3v) is 9.20. The van der Waals surface area contributed by atoms with Crippen LogP contribution in [0.1, 0.15) is 72.6 Å². The second-order valence-corrected chi connectivity index (χ2v) is 12.4. The molecule has 4 N–H and O–H groups in total. The van der Waals surface area contributed by atoms with Crippen LogP contribution in [0.5, 0.6) is 0 Å². The van der Waals surface area contributed by atoms with Gasteiger partial charge in [-0.15, -0.1) is 0 Å². The first kappa shape index (κ1) is 25.0. The number of allylic oxidation sites excluding steroid dienone is 3. The number of fused-ring (bicyclic) bond motifs is 1. The molecule has 176 valence electrons. The Morgan fingerprint density at radius 2 is 1.94 bits per heavy atom. The summed E-state index contributed by atoms with van der Waals surface area (Å²) in [6.07, 6.45) is 8.53. The average Bonchev–Trinajstić information content (AvgIpc) is 2.92. The van der Waals surface area contributed by atoms with Crippen molar-refractivity contribution in [3.05, 3.63) is 35.5 Å². The van der Waals surface area contributed by atoms with E-state index in [0.29, 0.717) is 24.0 Å². The maximum absolute atomic E-state index is 11.1. The summed E-state index contributed by atoms with van der Waals surface area (Å²) < 4.78 is 0. The van der Waals surface area contributed by atoms with E-state index in [1.54, 1.807) is 0 Å². The van der Waals surface area contributed by atoms with Crippen molar-refractivity contribution in [2.75, 3.05) is 5.75 Å². The van der Waals surface area contributed by atoms with Gasteiger partial charge >= 0.3 is 0 Å². The lowest BCUT2D eigenvalue weighted by Gasteiger charge is -2.44. The van der Waals surface area contributed by atoms with Crippen LogP contribution in [-0.2, 0) is 0 Å². The summed E-state index contributed by atoms with van der Waals surface area (Å²) in [7, 11) is 0. The summed E-state index contributed by atoms with van der Waals surface area (Å²) in [5.74, 6) is 1.51. The molecule has 0 radical (unpaired) electrons. The Morgan fingerprint density at radius 3 is 2.61 bits per heavy atom. The lowest BCUT2D eigenvalue weighted by molar-refractivity contribution is 0.0685. The third kappa shape index (κ3) is 5.67. The molecular weight excluding hydrogens is 408 g/mol. The second-order valence-electron chi connectivity index (χ2n) is 10.9. The minimum atomic E-state index is -0.663. The Hall–Kier alpha value is -0.590. The normalized spacial score (nSPS) is 40.4. The van der Waals surface area contributed by atoms with E-state index >= 15 is 0 Å². The molecular formula is C26H42O4S. The fraction of sp³-hybridized carbons (Fsp3) is 0.769. The Morgan fingerprint density at radius 1 is 1.23 bits per heavy atom. The van der Waals surface area contributed by atoms with Gasteiger partial charge in [0.05, 0.1) is 23.9 Å². The zero-order chi connectivity index (χ0) is 23.0. The van der Waals surface area contributed by atoms with Gasteiger partial charge in [-0.05, 0) is 80.6 Å². The first-order chi connectivity index (χ1) is 14.4. The van der Waals surface area contributed by atoms with Crippen LogP contribution in [0, 0.1) is 17.3 Å². The molecule has 0 bridgehead atoms. The van der Waals surface area contributed by atoms with Gasteiger partial charge in [-0.3, -0.25) is 0 Å². The van der Waals surface area contributed by atoms with Crippen molar-refractivity contribution in [1.82, 2.24) is 0 Å². The number of aliphatic hydroxyl groups excluding tert-OH is 3. The molecule has 3 aliphatic rings. The molecule has 3 saturated carbocycles. The Bertz CT molecular complexity index is 721. The molecule has 3 rings (SSSR count). The largest absolute Gasteiger partial charge is 0.393 e. The van der Waals surface area contributed by atoms with Gasteiger partial charge in [0.25, 0.3) is 0 Å². The van der Waals surface area contributed by atoms with Crippen LogP contribution in [0.25, 0.3) is 0 Å². The molecule has 0 unspecified atom stereocenters. The number of aliphatic hydroxyl groups is 4. The highest BCUT2D eigenvalue weighted by atomic mass is 32.2. The van der Waals surface area contributed by atoms with Crippen molar-refractivity contribution in [2.45, 2.75) is 102 Å². The molecule has 0 aliphatic heterocycles. The fourth-order valence-corrected chi connectivity index (χ4v) is 7.89. The van der Waals surface area contributed by atoms with Crippen molar-refractivity contribution < 1.29 is 20.4 Å². The van der Waals surface area contributed by atoms with Crippen molar-refractivity contribution in [3.63, 3.8) is 0 Å². The predicted octanol–water partition coefficient (Wildman–Crippen LogP) is 4.38. The molecule has 5 heteroatoms. The molecule has 0 spiro atoms. The fourth-order valence-electron chi connectivity index (χ4n) is 6.20. The number of rotatable bonds is 6. The van der Waals surface area contributed by atoms with Crippen LogP contribution in [-0.4, -0.2) is 55.3 Å². The summed E-state index contributed by atoms with van der Waals surface area (Å²) in [4.78, 5) is 0. The van der Waals surface area contributed by atoms with Crippen LogP contribution in [0.2, 0.25) is 0 Å². The van der Waals surface area contributed by atoms with Gasteiger partial charge in [-0.1, -0.05) is 38.2 Å². The van der Waals surface area contributed by atoms with E-state index in [-0.39, 0.29) is 17.4 Å². The van der Waals surface area contributed by atoms with Gasteiger partial charge < -0.3 is 20.4 Å². The smallest absolute Gasteiger partial charge is 0.0811 e. The Labute approximate surface area is 192 Å². The van der Waals surface area contributed by atoms with Crippen LogP contribution < -0.4 is 0 Å². The lowest BCUT2D eigenvalue weighted by atomic mass is 9.63. The number of thioether (sulfide) groups is 1. The molecule has 4 nitrogen and oxygen atoms in total. The van der Waals surface area contributed by atoms with E-state index in [1.807, 2.05) is 25.6 Å². The maximum Gasteiger partial charge on any atom is 0.0811 e. The topological polar surface area (TPSA) is 80.9 Å². The van der Waals surface area contributed by atoms with Crippen LogP contribution in [0.4, 0.5) is 0 Å². The molecule has 0 aromatic rings. The van der Waals surface area contributed by atoms with E-state index in [2.05, 4.69) is 32.6 Å². The van der Waals surface area contributed by atoms with Crippen LogP contribution in [0.15, 0.2) is 35.5 Å². The molecule has 0 aromatic heterocycles. The summed E-state index contributed by atoms with van der Waals surface area (Å²) in [5, 5.41) is 41.6. The number of hydrogen-bond acceptors (Lipinski definition) is 5. The minimum Gasteiger partial charge on any atom is -0.393 e. The van der Waals surface area contributed by atoms with Gasteiger partial charge in [0.15, 0.2) is 0 Å². The van der Waals surface area contributed by atoms with E-state index in [1.165, 1.54) is 5.57 Å². The van der Waals surface area contributed by atoms with Gasteiger partial charge in [-0.2, -0.15) is 11.8 Å². The van der Waals surface area contributed by atoms with Gasteiger partial charge in [0.1, 0.15) is 0 Å². The van der Waals surface area contributed by atoms with E-state index < -0.39 is 17.8 Å². The summed E-state index contributed by atoms with van der Waals surface area (Å²) in [6, 6.07) is 0. The van der Waals surface area contributed by atoms with Gasteiger partial charge in [0, 0.05) is 17.6 Å². The van der Waals surface area contributed by atoms with Crippen molar-refractivity contribution >= 4 is 11.8 Å². The molecule has 3 fully saturated rings. The zero-order valence-corrected chi connectivity index (χ0v) is 20.5. The van der Waals surface area contributed by atoms with E-state index in [4.69, 9.17) is 0 Å². The third-order valence-electron chi connectivity index (χ3n) is 7.94. The highest BCUT2D eigenvalue weighted by Gasteiger charge is 2.55. The molecule has 3 aliphatic carbocycles. The first-order valence-electron chi connectivity index (χ1n) is 11.9. The monoisotopic (exact) mass is 450 g/mol. The average molecular weight is 451 g/mol. The van der Waals surface area contributed by atoms with Crippen LogP contribution in [0.3, 0.4) is 0 Å². The van der Waals surface area contributed by atoms with Gasteiger partial charge in [-0.25, -0.2) is 0 Å². The Kier molecular flexibility index (Phi) is 7.85. The lowest BCUT2D eigenvalue weighted by Crippen LogP contribution is -2.39. The number of hydrogen-bond donors (Lipinski definition) is 4. The Balaban J connectivity index is 1.75. The molecule has 31 heavy (non-hydrogen) atoms. The zero-order valence-electron chi connectivity index (χ0n) is 19.7. The van der Waals surface area contributed by atoms with E-state index in [0.717, 1.165) is 49.0 Å². The summed E-state index contributed by atoms with van der Waals surface area (Å²) >= 11 is 1.88. The first-order valence-corrected chi connectivity index (χ1v) is 12.9. The van der Waals surface area contributed by atoms with Crippen molar-refractivity contribution in [3.8, 4) is 0 Å². The maximum atomic E-state index is 11.1. The molecule has 7 atom stereocenters. The quantitative estimate of drug-likeness (QED) is 0.483. The SMILES string of the molecule is C=C1C(=CC=C2CCC[C@]3(C)[C@@H]([C@@H](C)SCCC(C)(C)O)[C@@H](O)C[C@@H]23)C[C@@H](O)C[C@@H]1O. The molecule has 0 aromatic carbocycles. The standard InChI is InChI=1S/C26H42O4S/c1-16-19(13-20(27)14-22(16)28)9-8-18-7-6-10-26(5)21(18)15-23(29)24(26)17(2)31-12-11-25(3,4)30/h8-9,17,20-24,27-30H,1,6-7,10-15H2,2-5H3/t17-,20-,21+,22+,23+,24+,26+/m1/s1. The summed E-state index contributed by atoms with van der Waals surface area (Å²) in [6.45, 7) is 12.3. The molecule has 0 amide bonds. The minimum absolute atomic E-state index is 0.0752. The molecule has 0 saturated heterocycles. The van der Waals surface area contributed by atoms with Crippen LogP contribution >= 0.6 is 11.8 Å². The van der Waals surface area contributed by atoms with E-state index in [9.17, 15) is 20.4 Å². The van der Waals surface area contributed by atoms with Crippen molar-refractivity contribution in [1.29, 1.82) is 0 Å². The van der Waals surface area contributed by atoms with Crippen molar-refractivity contribution in [2.24, 2.45) is 17.3 Å². The van der Waals surface area contributed by atoms with Gasteiger partial charge in [0.2, 0.25) is 0 Å².